The highest BCUT2D eigenvalue weighted by molar-refractivity contribution is 8.00. The number of alkyl halides is 3. The van der Waals surface area contributed by atoms with E-state index in [9.17, 15) is 18.0 Å². The number of aliphatic carboxylic acids is 1. The number of anilines is 1. The molecule has 0 spiro atoms. The van der Waals surface area contributed by atoms with Gasteiger partial charge in [-0.3, -0.25) is 4.79 Å². The van der Waals surface area contributed by atoms with Crippen molar-refractivity contribution in [1.29, 1.82) is 0 Å². The van der Waals surface area contributed by atoms with E-state index >= 15 is 0 Å². The van der Waals surface area contributed by atoms with Crippen LogP contribution in [-0.4, -0.2) is 63.2 Å². The Kier molecular flexibility index (Phi) is 9.97. The van der Waals surface area contributed by atoms with Gasteiger partial charge in [0.25, 0.3) is 5.91 Å². The Morgan fingerprint density at radius 1 is 1.15 bits per heavy atom. The molecule has 1 aliphatic rings. The second kappa shape index (κ2) is 13.0. The van der Waals surface area contributed by atoms with Gasteiger partial charge < -0.3 is 24.5 Å². The molecule has 39 heavy (non-hydrogen) atoms. The van der Waals surface area contributed by atoms with Gasteiger partial charge in [0, 0.05) is 23.1 Å². The minimum Gasteiger partial charge on any atom is -0.475 e. The van der Waals surface area contributed by atoms with Gasteiger partial charge in [-0.15, -0.1) is 0 Å². The molecule has 1 saturated heterocycles. The maximum atomic E-state index is 13.7. The van der Waals surface area contributed by atoms with Crippen LogP contribution in [0.15, 0.2) is 64.2 Å². The predicted molar refractivity (Wildman–Crippen MR) is 138 cm³/mol. The minimum absolute atomic E-state index is 0.107. The number of amides is 1. The number of hydrogen-bond donors (Lipinski definition) is 2. The normalized spacial score (nSPS) is 15.7. The van der Waals surface area contributed by atoms with Crippen LogP contribution in [0.1, 0.15) is 42.7 Å². The maximum Gasteiger partial charge on any atom is 0.490 e. The summed E-state index contributed by atoms with van der Waals surface area (Å²) in [6, 6.07) is 13.8. The molecule has 4 rings (SSSR count). The van der Waals surface area contributed by atoms with Gasteiger partial charge in [-0.1, -0.05) is 50.7 Å². The summed E-state index contributed by atoms with van der Waals surface area (Å²) in [5.41, 5.74) is 0.206. The van der Waals surface area contributed by atoms with Crippen molar-refractivity contribution < 1.29 is 37.0 Å². The third-order valence-corrected chi connectivity index (χ3v) is 6.51. The van der Waals surface area contributed by atoms with Crippen LogP contribution >= 0.6 is 11.8 Å². The number of morpholine rings is 1. The summed E-state index contributed by atoms with van der Waals surface area (Å²) in [5, 5.41) is 10.3. The fourth-order valence-corrected chi connectivity index (χ4v) is 4.46. The van der Waals surface area contributed by atoms with Crippen LogP contribution in [0, 0.1) is 0 Å². The van der Waals surface area contributed by atoms with Crippen LogP contribution < -0.4 is 5.32 Å². The number of carbonyl (C=O) groups is 2. The first-order valence-electron chi connectivity index (χ1n) is 11.9. The van der Waals surface area contributed by atoms with Crippen LogP contribution in [0.3, 0.4) is 0 Å². The highest BCUT2D eigenvalue weighted by atomic mass is 32.2. The molecule has 0 bridgehead atoms. The lowest BCUT2D eigenvalue weighted by atomic mass is 9.95. The van der Waals surface area contributed by atoms with Crippen molar-refractivity contribution in [2.75, 3.05) is 25.1 Å². The molecule has 3 heterocycles. The molecule has 2 aromatic heterocycles. The Morgan fingerprint density at radius 2 is 1.85 bits per heavy atom. The Labute approximate surface area is 227 Å². The van der Waals surface area contributed by atoms with Crippen molar-refractivity contribution in [3.05, 3.63) is 72.1 Å². The van der Waals surface area contributed by atoms with E-state index in [4.69, 9.17) is 24.0 Å². The van der Waals surface area contributed by atoms with Crippen molar-refractivity contribution >= 4 is 29.5 Å². The summed E-state index contributed by atoms with van der Waals surface area (Å²) in [4.78, 5) is 34.7. The first kappa shape index (κ1) is 30.0. The summed E-state index contributed by atoms with van der Waals surface area (Å²) >= 11 is 1.62. The van der Waals surface area contributed by atoms with E-state index in [0.29, 0.717) is 43.5 Å². The lowest BCUT2D eigenvalue weighted by molar-refractivity contribution is -0.192. The number of nitrogens with one attached hydrogen (secondary N) is 1. The zero-order chi connectivity index (χ0) is 28.6. The van der Waals surface area contributed by atoms with Crippen molar-refractivity contribution in [1.82, 2.24) is 14.9 Å². The third-order valence-electron chi connectivity index (χ3n) is 5.30. The summed E-state index contributed by atoms with van der Waals surface area (Å²) in [5.74, 6) is -0.908. The summed E-state index contributed by atoms with van der Waals surface area (Å²) in [6.45, 7) is 8.08. The fourth-order valence-electron chi connectivity index (χ4n) is 3.34. The second-order valence-corrected chi connectivity index (χ2v) is 10.7. The average molecular weight is 567 g/mol. The number of rotatable bonds is 6. The number of benzene rings is 1. The lowest BCUT2D eigenvalue weighted by Gasteiger charge is -2.35. The third kappa shape index (κ3) is 8.72. The molecule has 0 aliphatic carbocycles. The number of furan rings is 1. The van der Waals surface area contributed by atoms with E-state index in [1.165, 1.54) is 0 Å². The van der Waals surface area contributed by atoms with E-state index in [1.807, 2.05) is 47.4 Å². The van der Waals surface area contributed by atoms with Crippen LogP contribution in [-0.2, 0) is 21.5 Å². The van der Waals surface area contributed by atoms with E-state index < -0.39 is 12.1 Å². The first-order valence-corrected chi connectivity index (χ1v) is 12.8. The molecule has 1 fully saturated rings. The monoisotopic (exact) mass is 566 g/mol. The van der Waals surface area contributed by atoms with E-state index in [0.717, 1.165) is 10.7 Å². The van der Waals surface area contributed by atoms with Gasteiger partial charge in [-0.2, -0.15) is 13.2 Å². The number of carboxylic acids is 1. The fraction of sp³-hybridized carbons (Fsp3) is 0.385. The minimum atomic E-state index is -5.08. The number of ether oxygens (including phenoxy) is 1. The van der Waals surface area contributed by atoms with Crippen molar-refractivity contribution in [3.63, 3.8) is 0 Å². The van der Waals surface area contributed by atoms with Gasteiger partial charge in [-0.25, -0.2) is 14.8 Å². The Morgan fingerprint density at radius 3 is 2.44 bits per heavy atom. The number of halogens is 3. The molecule has 0 saturated carbocycles. The molecule has 0 radical (unpaired) electrons. The van der Waals surface area contributed by atoms with Crippen LogP contribution in [0.4, 0.5) is 19.0 Å². The summed E-state index contributed by atoms with van der Waals surface area (Å²) in [6.07, 6.45) is -1.82. The maximum absolute atomic E-state index is 13.7. The Balaban J connectivity index is 0.000000532. The van der Waals surface area contributed by atoms with E-state index in [1.54, 1.807) is 24.2 Å². The highest BCUT2D eigenvalue weighted by Gasteiger charge is 2.38. The number of thioether (sulfide) groups is 1. The van der Waals surface area contributed by atoms with Crippen LogP contribution in [0.25, 0.3) is 0 Å². The molecule has 9 nitrogen and oxygen atoms in total. The number of carboxylic acid groups (broad SMARTS) is 1. The Hall–Kier alpha value is -3.58. The van der Waals surface area contributed by atoms with Gasteiger partial charge in [-0.05, 0) is 24.3 Å². The summed E-state index contributed by atoms with van der Waals surface area (Å²) in [7, 11) is 0. The number of carbonyl (C=O) groups excluding carboxylic acids is 1. The van der Waals surface area contributed by atoms with Crippen molar-refractivity contribution in [2.45, 2.75) is 49.2 Å². The Bertz CT molecular complexity index is 1230. The topological polar surface area (TPSA) is 118 Å². The van der Waals surface area contributed by atoms with E-state index in [2.05, 4.69) is 31.1 Å². The lowest BCUT2D eigenvalue weighted by Crippen LogP contribution is -2.47. The molecule has 1 aromatic carbocycles. The summed E-state index contributed by atoms with van der Waals surface area (Å²) < 4.78 is 42.9. The largest absolute Gasteiger partial charge is 0.490 e. The number of hydrogen-bond acceptors (Lipinski definition) is 8. The van der Waals surface area contributed by atoms with Gasteiger partial charge in [0.1, 0.15) is 28.3 Å². The van der Waals surface area contributed by atoms with Gasteiger partial charge >= 0.3 is 12.1 Å². The molecule has 210 valence electrons. The molecule has 1 unspecified atom stereocenters. The molecule has 1 aliphatic heterocycles. The van der Waals surface area contributed by atoms with Crippen LogP contribution in [0.5, 0.6) is 0 Å². The average Bonchev–Trinajstić information content (AvgIpc) is 3.41. The molecular formula is C26H29F3N4O5S. The molecular weight excluding hydrogens is 537 g/mol. The molecule has 1 amide bonds. The zero-order valence-electron chi connectivity index (χ0n) is 21.6. The second-order valence-electron chi connectivity index (χ2n) is 9.40. The first-order chi connectivity index (χ1) is 18.4. The van der Waals surface area contributed by atoms with Gasteiger partial charge in [0.05, 0.1) is 26.0 Å². The predicted octanol–water partition coefficient (Wildman–Crippen LogP) is 5.20. The van der Waals surface area contributed by atoms with Crippen molar-refractivity contribution in [3.8, 4) is 0 Å². The molecule has 2 N–H and O–H groups in total. The number of nitrogens with zero attached hydrogens (tertiary/aromatic N) is 3. The number of aromatic nitrogens is 2. The molecule has 1 atom stereocenters. The standard InChI is InChI=1S/C24H28N4O3S.C2HF3O2/c1-24(2,3)23-26-15-19(21(27-23)25-14-17-8-7-12-31-17)22(29)28-11-13-30-16-20(28)32-18-9-5-4-6-10-18;3-2(4,5)1(6)7/h4-10,12,15,20H,11,13-14,16H2,1-3H3,(H,25,26,27);(H,6,7). The molecule has 13 heteroatoms. The van der Waals surface area contributed by atoms with E-state index in [-0.39, 0.29) is 16.7 Å². The smallest absolute Gasteiger partial charge is 0.475 e. The molecule has 3 aromatic rings. The van der Waals surface area contributed by atoms with Crippen molar-refractivity contribution in [2.24, 2.45) is 0 Å². The van der Waals surface area contributed by atoms with Gasteiger partial charge in [0.15, 0.2) is 0 Å². The van der Waals surface area contributed by atoms with Crippen LogP contribution in [0.2, 0.25) is 0 Å². The SMILES string of the molecule is CC(C)(C)c1ncc(C(=O)N2CCOCC2Sc2ccccc2)c(NCc2ccco2)n1.O=C(O)C(F)(F)F. The zero-order valence-corrected chi connectivity index (χ0v) is 22.4. The van der Waals surface area contributed by atoms with Gasteiger partial charge in [0.2, 0.25) is 0 Å². The highest BCUT2D eigenvalue weighted by Crippen LogP contribution is 2.30. The quantitative estimate of drug-likeness (QED) is 0.415.